The average molecular weight is 253 g/mol. The second-order valence-electron chi connectivity index (χ2n) is 3.54. The normalized spacial score (nSPS) is 18.9. The van der Waals surface area contributed by atoms with Gasteiger partial charge in [0.15, 0.2) is 5.78 Å². The standard InChI is InChI=1S/C11H11NO2S2/c1-6-11(14)12-8-4-7(9(13)5-15)2-3-10(8)16-6/h2-4,6,15H,5H2,1H3,(H,12,14). The molecule has 0 aliphatic carbocycles. The van der Waals surface area contributed by atoms with E-state index in [1.165, 1.54) is 11.8 Å². The number of hydrogen-bond acceptors (Lipinski definition) is 4. The highest BCUT2D eigenvalue weighted by Gasteiger charge is 2.23. The molecular weight excluding hydrogens is 242 g/mol. The second-order valence-corrected chi connectivity index (χ2v) is 5.24. The Balaban J connectivity index is 2.36. The zero-order valence-corrected chi connectivity index (χ0v) is 10.4. The molecule has 1 atom stereocenters. The maximum absolute atomic E-state index is 11.5. The van der Waals surface area contributed by atoms with Crippen LogP contribution >= 0.6 is 24.4 Å². The minimum Gasteiger partial charge on any atom is -0.324 e. The molecule has 16 heavy (non-hydrogen) atoms. The maximum atomic E-state index is 11.5. The lowest BCUT2D eigenvalue weighted by atomic mass is 10.1. The molecule has 0 fully saturated rings. The lowest BCUT2D eigenvalue weighted by Gasteiger charge is -2.21. The first-order chi connectivity index (χ1) is 7.61. The Morgan fingerprint density at radius 1 is 1.56 bits per heavy atom. The quantitative estimate of drug-likeness (QED) is 0.627. The van der Waals surface area contributed by atoms with Gasteiger partial charge in [-0.25, -0.2) is 0 Å². The van der Waals surface area contributed by atoms with Crippen molar-refractivity contribution in [3.05, 3.63) is 23.8 Å². The van der Waals surface area contributed by atoms with Gasteiger partial charge in [0.2, 0.25) is 5.91 Å². The van der Waals surface area contributed by atoms with Crippen LogP contribution in [0.25, 0.3) is 0 Å². The van der Waals surface area contributed by atoms with Crippen LogP contribution in [0.4, 0.5) is 5.69 Å². The monoisotopic (exact) mass is 253 g/mol. The molecule has 1 aliphatic rings. The molecule has 84 valence electrons. The zero-order chi connectivity index (χ0) is 11.7. The molecule has 0 bridgehead atoms. The van der Waals surface area contributed by atoms with E-state index < -0.39 is 0 Å². The van der Waals surface area contributed by atoms with Crippen molar-refractivity contribution in [3.63, 3.8) is 0 Å². The van der Waals surface area contributed by atoms with Crippen LogP contribution in [0.3, 0.4) is 0 Å². The molecular formula is C11H11NO2S2. The van der Waals surface area contributed by atoms with Gasteiger partial charge in [0.25, 0.3) is 0 Å². The van der Waals surface area contributed by atoms with Gasteiger partial charge < -0.3 is 5.32 Å². The summed E-state index contributed by atoms with van der Waals surface area (Å²) in [5.41, 5.74) is 1.31. The number of rotatable bonds is 2. The topological polar surface area (TPSA) is 46.2 Å². The first-order valence-corrected chi connectivity index (χ1v) is 6.38. The lowest BCUT2D eigenvalue weighted by molar-refractivity contribution is -0.115. The fraction of sp³-hybridized carbons (Fsp3) is 0.273. The maximum Gasteiger partial charge on any atom is 0.237 e. The van der Waals surface area contributed by atoms with E-state index in [1.54, 1.807) is 12.1 Å². The van der Waals surface area contributed by atoms with Gasteiger partial charge in [-0.1, -0.05) is 6.07 Å². The van der Waals surface area contributed by atoms with Crippen LogP contribution in [-0.2, 0) is 4.79 Å². The Labute approximate surface area is 103 Å². The van der Waals surface area contributed by atoms with Crippen molar-refractivity contribution in [3.8, 4) is 0 Å². The van der Waals surface area contributed by atoms with Gasteiger partial charge in [0.1, 0.15) is 0 Å². The van der Waals surface area contributed by atoms with Gasteiger partial charge in [0, 0.05) is 10.5 Å². The Kier molecular flexibility index (Phi) is 3.25. The minimum atomic E-state index is -0.0843. The van der Waals surface area contributed by atoms with Crippen LogP contribution in [0.15, 0.2) is 23.1 Å². The van der Waals surface area contributed by atoms with Crippen LogP contribution in [-0.4, -0.2) is 22.7 Å². The van der Waals surface area contributed by atoms with Crippen molar-refractivity contribution in [1.29, 1.82) is 0 Å². The van der Waals surface area contributed by atoms with Crippen molar-refractivity contribution in [2.75, 3.05) is 11.1 Å². The predicted octanol–water partition coefficient (Wildman–Crippen LogP) is 2.23. The van der Waals surface area contributed by atoms with Crippen molar-refractivity contribution < 1.29 is 9.59 Å². The number of hydrogen-bond donors (Lipinski definition) is 2. The van der Waals surface area contributed by atoms with Crippen molar-refractivity contribution in [2.24, 2.45) is 0 Å². The molecule has 1 aromatic rings. The highest BCUT2D eigenvalue weighted by molar-refractivity contribution is 8.00. The first kappa shape index (κ1) is 11.5. The third-order valence-electron chi connectivity index (χ3n) is 2.38. The van der Waals surface area contributed by atoms with Crippen molar-refractivity contribution in [1.82, 2.24) is 0 Å². The molecule has 1 unspecified atom stereocenters. The lowest BCUT2D eigenvalue weighted by Crippen LogP contribution is -2.26. The Morgan fingerprint density at radius 2 is 2.31 bits per heavy atom. The fourth-order valence-electron chi connectivity index (χ4n) is 1.47. The molecule has 0 radical (unpaired) electrons. The number of carbonyl (C=O) groups excluding carboxylic acids is 2. The number of amides is 1. The van der Waals surface area contributed by atoms with E-state index in [-0.39, 0.29) is 22.7 Å². The van der Waals surface area contributed by atoms with E-state index in [0.29, 0.717) is 5.56 Å². The number of ketones is 1. The smallest absolute Gasteiger partial charge is 0.237 e. The van der Waals surface area contributed by atoms with E-state index in [4.69, 9.17) is 0 Å². The third-order valence-corrected chi connectivity index (χ3v) is 3.84. The molecule has 0 spiro atoms. The minimum absolute atomic E-state index is 0.0204. The number of anilines is 1. The van der Waals surface area contributed by atoms with Crippen molar-refractivity contribution >= 4 is 41.8 Å². The largest absolute Gasteiger partial charge is 0.324 e. The van der Waals surface area contributed by atoms with Gasteiger partial charge in [0.05, 0.1) is 16.7 Å². The molecule has 3 nitrogen and oxygen atoms in total. The summed E-state index contributed by atoms with van der Waals surface area (Å²) in [6, 6.07) is 5.35. The molecule has 2 rings (SSSR count). The summed E-state index contributed by atoms with van der Waals surface area (Å²) < 4.78 is 0. The molecule has 5 heteroatoms. The first-order valence-electron chi connectivity index (χ1n) is 4.87. The summed E-state index contributed by atoms with van der Waals surface area (Å²) >= 11 is 5.45. The molecule has 1 amide bonds. The highest BCUT2D eigenvalue weighted by atomic mass is 32.2. The van der Waals surface area contributed by atoms with Crippen LogP contribution in [0.1, 0.15) is 17.3 Å². The Morgan fingerprint density at radius 3 is 3.00 bits per heavy atom. The highest BCUT2D eigenvalue weighted by Crippen LogP contribution is 2.35. The molecule has 1 heterocycles. The summed E-state index contributed by atoms with van der Waals surface area (Å²) in [6.07, 6.45) is 0. The van der Waals surface area contributed by atoms with Crippen LogP contribution in [0, 0.1) is 0 Å². The van der Waals surface area contributed by atoms with Gasteiger partial charge in [-0.2, -0.15) is 12.6 Å². The molecule has 0 saturated carbocycles. The zero-order valence-electron chi connectivity index (χ0n) is 8.69. The van der Waals surface area contributed by atoms with E-state index in [2.05, 4.69) is 17.9 Å². The molecule has 1 N–H and O–H groups in total. The number of fused-ring (bicyclic) bond motifs is 1. The Bertz CT molecular complexity index is 459. The van der Waals surface area contributed by atoms with E-state index in [1.807, 2.05) is 13.0 Å². The number of thiol groups is 1. The number of thioether (sulfide) groups is 1. The fourth-order valence-corrected chi connectivity index (χ4v) is 2.59. The summed E-state index contributed by atoms with van der Waals surface area (Å²) in [6.45, 7) is 1.86. The second kappa shape index (κ2) is 4.51. The third kappa shape index (κ3) is 2.10. The van der Waals surface area contributed by atoms with Crippen LogP contribution in [0.2, 0.25) is 0 Å². The van der Waals surface area contributed by atoms with E-state index in [9.17, 15) is 9.59 Å². The summed E-state index contributed by atoms with van der Waals surface area (Å²) in [7, 11) is 0. The number of nitrogens with one attached hydrogen (secondary N) is 1. The number of carbonyl (C=O) groups is 2. The summed E-state index contributed by atoms with van der Waals surface area (Å²) in [5, 5.41) is 2.71. The average Bonchev–Trinajstić information content (AvgIpc) is 2.29. The van der Waals surface area contributed by atoms with E-state index >= 15 is 0 Å². The van der Waals surface area contributed by atoms with Gasteiger partial charge >= 0.3 is 0 Å². The van der Waals surface area contributed by atoms with Crippen LogP contribution in [0.5, 0.6) is 0 Å². The Hall–Kier alpha value is -0.940. The van der Waals surface area contributed by atoms with Gasteiger partial charge in [-0.05, 0) is 19.1 Å². The summed E-state index contributed by atoms with van der Waals surface area (Å²) in [4.78, 5) is 23.9. The van der Waals surface area contributed by atoms with Gasteiger partial charge in [-0.15, -0.1) is 11.8 Å². The van der Waals surface area contributed by atoms with Crippen LogP contribution < -0.4 is 5.32 Å². The van der Waals surface area contributed by atoms with E-state index in [0.717, 1.165) is 10.6 Å². The molecule has 1 aliphatic heterocycles. The van der Waals surface area contributed by atoms with Crippen molar-refractivity contribution in [2.45, 2.75) is 17.1 Å². The molecule has 0 saturated heterocycles. The number of Topliss-reactive ketones (excluding diaryl/α,β-unsaturated/α-hetero) is 1. The molecule has 0 aromatic heterocycles. The summed E-state index contributed by atoms with van der Waals surface area (Å²) in [5.74, 6) is 0.119. The molecule has 1 aromatic carbocycles. The SMILES string of the molecule is CC1Sc2ccc(C(=O)CS)cc2NC1=O. The number of benzene rings is 1. The van der Waals surface area contributed by atoms with Gasteiger partial charge in [-0.3, -0.25) is 9.59 Å². The predicted molar refractivity (Wildman–Crippen MR) is 68.6 cm³/mol.